The first kappa shape index (κ1) is 27.3. The monoisotopic (exact) mass is 462 g/mol. The number of hydrogen-bond donors (Lipinski definition) is 0. The van der Waals surface area contributed by atoms with E-state index in [1.165, 1.54) is 0 Å². The fraction of sp³-hybridized carbons (Fsp3) is 0.815. The van der Waals surface area contributed by atoms with E-state index in [1.54, 1.807) is 0 Å². The van der Waals surface area contributed by atoms with Crippen LogP contribution in [-0.2, 0) is 18.7 Å². The highest BCUT2D eigenvalue weighted by Gasteiger charge is 2.51. The minimum atomic E-state index is -2.07. The number of rotatable bonds is 13. The number of carbonyl (C=O) groups is 1. The second kappa shape index (κ2) is 12.0. The van der Waals surface area contributed by atoms with Crippen molar-refractivity contribution in [3.63, 3.8) is 0 Å². The molecule has 182 valence electrons. The summed E-state index contributed by atoms with van der Waals surface area (Å²) in [6, 6.07) is 0. The summed E-state index contributed by atoms with van der Waals surface area (Å²) in [5.74, 6) is 7.24. The molecule has 5 heteroatoms. The van der Waals surface area contributed by atoms with Gasteiger partial charge in [-0.3, -0.25) is 4.79 Å². The summed E-state index contributed by atoms with van der Waals surface area (Å²) >= 11 is 0. The molecule has 0 amide bonds. The van der Waals surface area contributed by atoms with Crippen LogP contribution in [0, 0.1) is 23.2 Å². The van der Waals surface area contributed by atoms with Crippen molar-refractivity contribution < 1.29 is 18.7 Å². The lowest BCUT2D eigenvalue weighted by molar-refractivity contribution is -0.121. The molecule has 0 radical (unpaired) electrons. The Morgan fingerprint density at radius 3 is 2.25 bits per heavy atom. The molecule has 1 saturated heterocycles. The molecule has 1 aliphatic carbocycles. The quantitative estimate of drug-likeness (QED) is 0.133. The van der Waals surface area contributed by atoms with Crippen LogP contribution >= 0.6 is 0 Å². The number of allylic oxidation sites excluding steroid dienone is 1. The van der Waals surface area contributed by atoms with Crippen molar-refractivity contribution in [3.8, 4) is 11.8 Å². The van der Waals surface area contributed by atoms with Crippen LogP contribution in [0.15, 0.2) is 12.7 Å². The Kier molecular flexibility index (Phi) is 10.2. The van der Waals surface area contributed by atoms with Crippen LogP contribution in [-0.4, -0.2) is 39.7 Å². The molecule has 0 bridgehead atoms. The van der Waals surface area contributed by atoms with Gasteiger partial charge in [0.2, 0.25) is 8.32 Å². The molecular formula is C27H46O4Si. The van der Waals surface area contributed by atoms with Crippen molar-refractivity contribution in [2.75, 3.05) is 13.2 Å². The first-order valence-electron chi connectivity index (χ1n) is 12.6. The number of hydrogen-bond acceptors (Lipinski definition) is 4. The Morgan fingerprint density at radius 2 is 1.75 bits per heavy atom. The van der Waals surface area contributed by atoms with Gasteiger partial charge in [0.15, 0.2) is 6.29 Å². The molecule has 0 aromatic rings. The largest absolute Gasteiger partial charge is 0.402 e. The second-order valence-corrected chi connectivity index (χ2v) is 16.2. The van der Waals surface area contributed by atoms with Crippen LogP contribution in [0.2, 0.25) is 16.6 Å². The van der Waals surface area contributed by atoms with Crippen molar-refractivity contribution in [3.05, 3.63) is 12.7 Å². The average Bonchev–Trinajstić information content (AvgIpc) is 3.15. The van der Waals surface area contributed by atoms with Crippen molar-refractivity contribution in [2.24, 2.45) is 11.3 Å². The van der Waals surface area contributed by atoms with Crippen molar-refractivity contribution in [1.29, 1.82) is 0 Å². The highest BCUT2D eigenvalue weighted by Crippen LogP contribution is 2.54. The smallest absolute Gasteiger partial charge is 0.202 e. The summed E-state index contributed by atoms with van der Waals surface area (Å²) in [6.07, 6.45) is 6.48. The maximum absolute atomic E-state index is 12.8. The number of carbonyl (C=O) groups excluding carboxylic acids is 1. The van der Waals surface area contributed by atoms with E-state index in [2.05, 4.69) is 66.9 Å². The van der Waals surface area contributed by atoms with Gasteiger partial charge in [-0.1, -0.05) is 60.5 Å². The van der Waals surface area contributed by atoms with E-state index in [0.29, 0.717) is 48.5 Å². The number of Topliss-reactive ketones (excluding diaryl/α,β-unsaturated/α-hetero) is 1. The van der Waals surface area contributed by atoms with Crippen LogP contribution in [0.4, 0.5) is 0 Å². The summed E-state index contributed by atoms with van der Waals surface area (Å²) in [5, 5.41) is 0. The van der Waals surface area contributed by atoms with Gasteiger partial charge >= 0.3 is 0 Å². The molecule has 0 spiro atoms. The third-order valence-electron chi connectivity index (χ3n) is 7.54. The van der Waals surface area contributed by atoms with Gasteiger partial charge in [-0.25, -0.2) is 0 Å². The van der Waals surface area contributed by atoms with Crippen LogP contribution in [0.5, 0.6) is 0 Å². The third-order valence-corrected chi connectivity index (χ3v) is 13.6. The predicted octanol–water partition coefficient (Wildman–Crippen LogP) is 6.66. The minimum Gasteiger partial charge on any atom is -0.402 e. The van der Waals surface area contributed by atoms with Gasteiger partial charge in [-0.05, 0) is 47.7 Å². The molecule has 32 heavy (non-hydrogen) atoms. The molecule has 3 atom stereocenters. The Morgan fingerprint density at radius 1 is 1.16 bits per heavy atom. The maximum Gasteiger partial charge on any atom is 0.202 e. The van der Waals surface area contributed by atoms with Gasteiger partial charge in [0.05, 0.1) is 13.2 Å². The molecule has 2 aliphatic rings. The molecule has 0 aromatic heterocycles. The van der Waals surface area contributed by atoms with E-state index in [4.69, 9.17) is 13.9 Å². The number of unbranched alkanes of at least 4 members (excludes halogenated alkanes) is 1. The molecule has 2 fully saturated rings. The van der Waals surface area contributed by atoms with Crippen LogP contribution < -0.4 is 0 Å². The second-order valence-electron chi connectivity index (χ2n) is 10.8. The van der Waals surface area contributed by atoms with Gasteiger partial charge in [0.25, 0.3) is 0 Å². The van der Waals surface area contributed by atoms with E-state index >= 15 is 0 Å². The molecule has 0 N–H and O–H groups in total. The SMILES string of the molecule is C=C[C@]1(C)C[C@@H]1C(=O)CC[C@@H](C#CCCCC1OCCO1)O[Si](C(C)C)(C(C)C)C(C)C. The zero-order chi connectivity index (χ0) is 23.9. The molecule has 1 saturated carbocycles. The molecule has 4 nitrogen and oxygen atoms in total. The van der Waals surface area contributed by atoms with Crippen LogP contribution in [0.25, 0.3) is 0 Å². The predicted molar refractivity (Wildman–Crippen MR) is 134 cm³/mol. The fourth-order valence-corrected chi connectivity index (χ4v) is 11.0. The third kappa shape index (κ3) is 6.79. The van der Waals surface area contributed by atoms with Gasteiger partial charge in [0.1, 0.15) is 11.9 Å². The van der Waals surface area contributed by atoms with Crippen molar-refractivity contribution >= 4 is 14.1 Å². The number of ether oxygens (including phenoxy) is 2. The van der Waals surface area contributed by atoms with Gasteiger partial charge in [-0.15, -0.1) is 12.5 Å². The standard InChI is InChI=1S/C27H46O4Si/c1-9-27(8)19-24(27)25(28)16-15-23(13-11-10-12-14-26-29-17-18-30-26)31-32(20(2)3,21(4)5)22(6)7/h9,20-24,26H,1,10,12,14-19H2,2-8H3/t23-,24-,27-/m1/s1. The molecule has 1 heterocycles. The summed E-state index contributed by atoms with van der Waals surface area (Å²) in [6.45, 7) is 21.2. The first-order valence-corrected chi connectivity index (χ1v) is 14.8. The zero-order valence-electron chi connectivity index (χ0n) is 21.5. The van der Waals surface area contributed by atoms with Crippen LogP contribution in [0.1, 0.15) is 87.0 Å². The van der Waals surface area contributed by atoms with E-state index in [1.807, 2.05) is 6.08 Å². The lowest BCUT2D eigenvalue weighted by atomic mass is 10.0. The molecule has 1 aliphatic heterocycles. The highest BCUT2D eigenvalue weighted by molar-refractivity contribution is 6.77. The summed E-state index contributed by atoms with van der Waals surface area (Å²) in [4.78, 5) is 12.8. The van der Waals surface area contributed by atoms with Crippen molar-refractivity contribution in [1.82, 2.24) is 0 Å². The van der Waals surface area contributed by atoms with E-state index in [0.717, 1.165) is 25.7 Å². The van der Waals surface area contributed by atoms with Crippen LogP contribution in [0.3, 0.4) is 0 Å². The summed E-state index contributed by atoms with van der Waals surface area (Å²) in [7, 11) is -2.07. The Labute approximate surface area is 198 Å². The molecule has 0 unspecified atom stereocenters. The van der Waals surface area contributed by atoms with Gasteiger partial charge in [0, 0.05) is 18.8 Å². The van der Waals surface area contributed by atoms with Gasteiger partial charge in [-0.2, -0.15) is 0 Å². The van der Waals surface area contributed by atoms with E-state index in [9.17, 15) is 4.79 Å². The molecule has 2 rings (SSSR count). The average molecular weight is 463 g/mol. The normalized spacial score (nSPS) is 24.6. The molecular weight excluding hydrogens is 416 g/mol. The zero-order valence-corrected chi connectivity index (χ0v) is 22.5. The molecule has 0 aromatic carbocycles. The van der Waals surface area contributed by atoms with Crippen molar-refractivity contribution in [2.45, 2.75) is 116 Å². The minimum absolute atomic E-state index is 0.00416. The topological polar surface area (TPSA) is 44.8 Å². The highest BCUT2D eigenvalue weighted by atomic mass is 28.4. The summed E-state index contributed by atoms with van der Waals surface area (Å²) < 4.78 is 18.0. The fourth-order valence-electron chi connectivity index (χ4n) is 5.47. The summed E-state index contributed by atoms with van der Waals surface area (Å²) in [5.41, 5.74) is 1.47. The van der Waals surface area contributed by atoms with Gasteiger partial charge < -0.3 is 13.9 Å². The Hall–Kier alpha value is -0.933. The first-order chi connectivity index (χ1) is 15.1. The Bertz CT molecular complexity index is 662. The van der Waals surface area contributed by atoms with E-state index in [-0.39, 0.29) is 23.7 Å². The maximum atomic E-state index is 12.8. The Balaban J connectivity index is 2.04. The number of ketones is 1. The van der Waals surface area contributed by atoms with E-state index < -0.39 is 8.32 Å². The lowest BCUT2D eigenvalue weighted by Crippen LogP contribution is -2.50. The lowest BCUT2D eigenvalue weighted by Gasteiger charge is -2.43.